The topological polar surface area (TPSA) is 26.0 Å². The lowest BCUT2D eigenvalue weighted by Gasteiger charge is -2.02. The van der Waals surface area contributed by atoms with Gasteiger partial charge in [-0.25, -0.2) is 0 Å². The minimum atomic E-state index is 1.20. The summed E-state index contributed by atoms with van der Waals surface area (Å²) >= 11 is 0. The molecule has 0 saturated heterocycles. The molecule has 1 heteroatoms. The van der Waals surface area contributed by atoms with Gasteiger partial charge >= 0.3 is 0 Å². The van der Waals surface area contributed by atoms with Gasteiger partial charge in [-0.05, 0) is 42.8 Å². The van der Waals surface area contributed by atoms with Crippen molar-refractivity contribution in [1.82, 2.24) is 0 Å². The molecule has 1 aromatic rings. The molecule has 0 radical (unpaired) electrons. The van der Waals surface area contributed by atoms with Gasteiger partial charge in [0.05, 0.1) is 0 Å². The van der Waals surface area contributed by atoms with Crippen molar-refractivity contribution in [3.63, 3.8) is 0 Å². The average Bonchev–Trinajstić information content (AvgIpc) is 1.99. The summed E-state index contributed by atoms with van der Waals surface area (Å²) < 4.78 is 0. The van der Waals surface area contributed by atoms with E-state index in [1.807, 2.05) is 12.1 Å². The molecule has 0 atom stereocenters. The molecule has 1 rings (SSSR count). The molecule has 1 nitrogen and oxygen atoms in total. The van der Waals surface area contributed by atoms with E-state index in [1.165, 1.54) is 16.7 Å². The minimum Gasteiger partial charge on any atom is -0.405 e. The maximum absolute atomic E-state index is 5.30. The Hall–Kier alpha value is -1.24. The molecule has 0 heterocycles. The Labute approximate surface area is 67.5 Å². The third kappa shape index (κ3) is 1.61. The molecule has 0 saturated carbocycles. The number of aryl methyl sites for hydroxylation is 1. The van der Waals surface area contributed by atoms with Crippen molar-refractivity contribution in [3.8, 4) is 0 Å². The smallest absolute Gasteiger partial charge is 0.00563 e. The van der Waals surface area contributed by atoms with E-state index in [0.29, 0.717) is 0 Å². The molecule has 1 aromatic carbocycles. The van der Waals surface area contributed by atoms with Crippen molar-refractivity contribution < 1.29 is 0 Å². The fourth-order valence-corrected chi connectivity index (χ4v) is 1.06. The summed E-state index contributed by atoms with van der Waals surface area (Å²) in [5.74, 6) is 0. The van der Waals surface area contributed by atoms with Gasteiger partial charge in [0, 0.05) is 0 Å². The molecule has 0 aliphatic heterocycles. The summed E-state index contributed by atoms with van der Waals surface area (Å²) in [4.78, 5) is 0. The highest BCUT2D eigenvalue weighted by atomic mass is 14.5. The third-order valence-electron chi connectivity index (χ3n) is 1.92. The summed E-state index contributed by atoms with van der Waals surface area (Å²) in [7, 11) is 0. The number of hydrogen-bond acceptors (Lipinski definition) is 1. The van der Waals surface area contributed by atoms with Crippen LogP contribution in [0, 0.1) is 13.8 Å². The summed E-state index contributed by atoms with van der Waals surface area (Å²) in [6.45, 7) is 4.20. The van der Waals surface area contributed by atoms with Crippen LogP contribution in [-0.4, -0.2) is 0 Å². The van der Waals surface area contributed by atoms with E-state index in [4.69, 9.17) is 5.73 Å². The Kier molecular flexibility index (Phi) is 2.32. The molecular formula is C10H13N. The zero-order valence-corrected chi connectivity index (χ0v) is 6.96. The Morgan fingerprint density at radius 2 is 2.00 bits per heavy atom. The molecule has 0 fully saturated rings. The Morgan fingerprint density at radius 1 is 1.27 bits per heavy atom. The standard InChI is InChI=1S/C10H13N/c1-8-4-3-5-10(6-7-11)9(8)2/h3-7H,11H2,1-2H3. The molecule has 0 aliphatic rings. The molecule has 58 valence electrons. The van der Waals surface area contributed by atoms with Crippen LogP contribution < -0.4 is 5.73 Å². The minimum absolute atomic E-state index is 1.20. The van der Waals surface area contributed by atoms with Crippen LogP contribution >= 0.6 is 0 Å². The Balaban J connectivity index is 3.16. The van der Waals surface area contributed by atoms with Crippen molar-refractivity contribution in [2.75, 3.05) is 0 Å². The van der Waals surface area contributed by atoms with E-state index >= 15 is 0 Å². The fourth-order valence-electron chi connectivity index (χ4n) is 1.06. The molecule has 0 unspecified atom stereocenters. The fraction of sp³-hybridized carbons (Fsp3) is 0.200. The second-order valence-corrected chi connectivity index (χ2v) is 2.65. The lowest BCUT2D eigenvalue weighted by Crippen LogP contribution is -1.85. The van der Waals surface area contributed by atoms with Crippen LogP contribution in [0.2, 0.25) is 0 Å². The van der Waals surface area contributed by atoms with Crippen LogP contribution in [0.1, 0.15) is 16.7 Å². The second kappa shape index (κ2) is 3.24. The second-order valence-electron chi connectivity index (χ2n) is 2.65. The maximum atomic E-state index is 5.30. The van der Waals surface area contributed by atoms with Crippen molar-refractivity contribution in [1.29, 1.82) is 0 Å². The maximum Gasteiger partial charge on any atom is -0.00563 e. The predicted molar refractivity (Wildman–Crippen MR) is 49.1 cm³/mol. The zero-order chi connectivity index (χ0) is 8.27. The van der Waals surface area contributed by atoms with Crippen molar-refractivity contribution >= 4 is 6.08 Å². The first-order valence-electron chi connectivity index (χ1n) is 3.70. The van der Waals surface area contributed by atoms with Crippen LogP contribution in [0.4, 0.5) is 0 Å². The predicted octanol–water partition coefficient (Wildman–Crippen LogP) is 2.23. The van der Waals surface area contributed by atoms with E-state index in [9.17, 15) is 0 Å². The lowest BCUT2D eigenvalue weighted by molar-refractivity contribution is 1.32. The number of benzene rings is 1. The zero-order valence-electron chi connectivity index (χ0n) is 6.96. The first-order valence-corrected chi connectivity index (χ1v) is 3.70. The number of hydrogen-bond donors (Lipinski definition) is 1. The summed E-state index contributed by atoms with van der Waals surface area (Å²) in [5.41, 5.74) is 9.11. The van der Waals surface area contributed by atoms with Crippen molar-refractivity contribution in [2.24, 2.45) is 5.73 Å². The number of rotatable bonds is 1. The SMILES string of the molecule is Cc1cccc(C=CN)c1C. The highest BCUT2D eigenvalue weighted by molar-refractivity contribution is 5.54. The molecule has 11 heavy (non-hydrogen) atoms. The van der Waals surface area contributed by atoms with Gasteiger partial charge < -0.3 is 5.73 Å². The Bertz CT molecular complexity index is 274. The van der Waals surface area contributed by atoms with E-state index in [2.05, 4.69) is 26.0 Å². The van der Waals surface area contributed by atoms with Crippen LogP contribution in [0.5, 0.6) is 0 Å². The van der Waals surface area contributed by atoms with Gasteiger partial charge in [0.2, 0.25) is 0 Å². The van der Waals surface area contributed by atoms with Crippen LogP contribution in [0.15, 0.2) is 24.4 Å². The molecule has 2 N–H and O–H groups in total. The first-order chi connectivity index (χ1) is 5.25. The van der Waals surface area contributed by atoms with Crippen LogP contribution in [-0.2, 0) is 0 Å². The van der Waals surface area contributed by atoms with E-state index in [-0.39, 0.29) is 0 Å². The van der Waals surface area contributed by atoms with E-state index in [0.717, 1.165) is 0 Å². The van der Waals surface area contributed by atoms with Gasteiger partial charge in [0.25, 0.3) is 0 Å². The Morgan fingerprint density at radius 3 is 2.64 bits per heavy atom. The number of nitrogens with two attached hydrogens (primary N) is 1. The molecule has 0 aliphatic carbocycles. The molecule has 0 spiro atoms. The highest BCUT2D eigenvalue weighted by Gasteiger charge is 1.94. The van der Waals surface area contributed by atoms with E-state index in [1.54, 1.807) is 6.20 Å². The van der Waals surface area contributed by atoms with Gasteiger partial charge in [-0.15, -0.1) is 0 Å². The van der Waals surface area contributed by atoms with Crippen LogP contribution in [0.25, 0.3) is 6.08 Å². The monoisotopic (exact) mass is 147 g/mol. The van der Waals surface area contributed by atoms with E-state index < -0.39 is 0 Å². The van der Waals surface area contributed by atoms with Crippen molar-refractivity contribution in [2.45, 2.75) is 13.8 Å². The summed E-state index contributed by atoms with van der Waals surface area (Å²) in [6.07, 6.45) is 3.49. The third-order valence-corrected chi connectivity index (χ3v) is 1.92. The lowest BCUT2D eigenvalue weighted by atomic mass is 10.0. The van der Waals surface area contributed by atoms with Gasteiger partial charge in [0.1, 0.15) is 0 Å². The van der Waals surface area contributed by atoms with Gasteiger partial charge in [-0.3, -0.25) is 0 Å². The quantitative estimate of drug-likeness (QED) is 0.647. The average molecular weight is 147 g/mol. The molecular weight excluding hydrogens is 134 g/mol. The van der Waals surface area contributed by atoms with Gasteiger partial charge in [0.15, 0.2) is 0 Å². The molecule has 0 aromatic heterocycles. The normalized spacial score (nSPS) is 10.7. The molecule has 0 amide bonds. The highest BCUT2D eigenvalue weighted by Crippen LogP contribution is 2.13. The van der Waals surface area contributed by atoms with Gasteiger partial charge in [-0.1, -0.05) is 18.2 Å². The molecule has 0 bridgehead atoms. The van der Waals surface area contributed by atoms with Crippen molar-refractivity contribution in [3.05, 3.63) is 41.1 Å². The summed E-state index contributed by atoms with van der Waals surface area (Å²) in [5, 5.41) is 0. The van der Waals surface area contributed by atoms with Crippen LogP contribution in [0.3, 0.4) is 0 Å². The first kappa shape index (κ1) is 7.86. The van der Waals surface area contributed by atoms with Gasteiger partial charge in [-0.2, -0.15) is 0 Å². The largest absolute Gasteiger partial charge is 0.405 e. The summed E-state index contributed by atoms with van der Waals surface area (Å²) in [6, 6.07) is 6.20.